The standard InChI is InChI=1S/C34H37NO4/c36-22-31-33(38-24-29-17-9-3-10-18-29)34(39-25-30-19-11-4-12-20-30)32(26-37-23-28-15-7-2-8-16-28)35(31)21-27-13-5-1-6-14-27/h1-20,31-34,36H,21-26H2/t31-,32+,33-,34+/m1/s1. The molecule has 0 radical (unpaired) electrons. The maximum absolute atomic E-state index is 10.7. The van der Waals surface area contributed by atoms with Crippen LogP contribution in [0.4, 0.5) is 0 Å². The third-order valence-corrected chi connectivity index (χ3v) is 7.30. The molecular weight excluding hydrogens is 486 g/mol. The van der Waals surface area contributed by atoms with Gasteiger partial charge in [0.25, 0.3) is 0 Å². The number of likely N-dealkylation sites (tertiary alicyclic amines) is 1. The molecule has 5 nitrogen and oxygen atoms in total. The van der Waals surface area contributed by atoms with Crippen LogP contribution in [0.3, 0.4) is 0 Å². The van der Waals surface area contributed by atoms with Crippen LogP contribution < -0.4 is 0 Å². The van der Waals surface area contributed by atoms with Gasteiger partial charge in [-0.3, -0.25) is 4.90 Å². The van der Waals surface area contributed by atoms with E-state index in [1.807, 2.05) is 72.8 Å². The van der Waals surface area contributed by atoms with E-state index >= 15 is 0 Å². The van der Waals surface area contributed by atoms with E-state index in [-0.39, 0.29) is 30.9 Å². The van der Waals surface area contributed by atoms with Gasteiger partial charge >= 0.3 is 0 Å². The number of aliphatic hydroxyl groups is 1. The predicted molar refractivity (Wildman–Crippen MR) is 153 cm³/mol. The predicted octanol–water partition coefficient (Wildman–Crippen LogP) is 5.62. The van der Waals surface area contributed by atoms with Gasteiger partial charge in [-0.25, -0.2) is 0 Å². The highest BCUT2D eigenvalue weighted by Crippen LogP contribution is 2.33. The van der Waals surface area contributed by atoms with E-state index in [0.29, 0.717) is 33.0 Å². The molecule has 1 aliphatic heterocycles. The van der Waals surface area contributed by atoms with Crippen LogP contribution in [-0.2, 0) is 40.6 Å². The van der Waals surface area contributed by atoms with E-state index in [0.717, 1.165) is 16.7 Å². The summed E-state index contributed by atoms with van der Waals surface area (Å²) >= 11 is 0. The first kappa shape index (κ1) is 27.3. The summed E-state index contributed by atoms with van der Waals surface area (Å²) in [5.74, 6) is 0. The topological polar surface area (TPSA) is 51.2 Å². The van der Waals surface area contributed by atoms with Crippen molar-refractivity contribution < 1.29 is 19.3 Å². The summed E-state index contributed by atoms with van der Waals surface area (Å²) in [6.45, 7) is 2.52. The molecule has 5 heteroatoms. The zero-order chi connectivity index (χ0) is 26.7. The van der Waals surface area contributed by atoms with Crippen molar-refractivity contribution in [3.63, 3.8) is 0 Å². The molecule has 4 atom stereocenters. The molecule has 0 saturated carbocycles. The molecule has 0 unspecified atom stereocenters. The van der Waals surface area contributed by atoms with Crippen LogP contribution in [0.15, 0.2) is 121 Å². The first-order chi connectivity index (χ1) is 19.3. The summed E-state index contributed by atoms with van der Waals surface area (Å²) in [5, 5.41) is 10.7. The van der Waals surface area contributed by atoms with Gasteiger partial charge in [0.1, 0.15) is 12.2 Å². The molecule has 5 rings (SSSR count). The van der Waals surface area contributed by atoms with Crippen LogP contribution in [0.5, 0.6) is 0 Å². The number of ether oxygens (including phenoxy) is 3. The molecule has 0 aromatic heterocycles. The Hall–Kier alpha value is -3.32. The number of benzene rings is 4. The third kappa shape index (κ3) is 7.41. The van der Waals surface area contributed by atoms with Gasteiger partial charge in [-0.05, 0) is 22.3 Å². The lowest BCUT2D eigenvalue weighted by Crippen LogP contribution is -2.43. The minimum atomic E-state index is -0.326. The molecule has 0 spiro atoms. The van der Waals surface area contributed by atoms with Crippen molar-refractivity contribution in [3.05, 3.63) is 144 Å². The Morgan fingerprint density at radius 3 is 1.38 bits per heavy atom. The molecule has 0 bridgehead atoms. The second kappa shape index (κ2) is 14.2. The fraction of sp³-hybridized carbons (Fsp3) is 0.294. The van der Waals surface area contributed by atoms with E-state index in [1.165, 1.54) is 5.56 Å². The summed E-state index contributed by atoms with van der Waals surface area (Å²) in [6.07, 6.45) is -0.612. The molecular formula is C34H37NO4. The normalized spacial score (nSPS) is 21.3. The fourth-order valence-electron chi connectivity index (χ4n) is 5.31. The zero-order valence-electron chi connectivity index (χ0n) is 22.2. The smallest absolute Gasteiger partial charge is 0.103 e. The Morgan fingerprint density at radius 1 is 0.513 bits per heavy atom. The summed E-state index contributed by atoms with van der Waals surface area (Å²) in [5.41, 5.74) is 4.50. The maximum atomic E-state index is 10.7. The SMILES string of the molecule is OC[C@@H]1[C@@H](OCc2ccccc2)[C@@H](OCc2ccccc2)[C@H](COCc2ccccc2)N1Cc1ccccc1. The molecule has 1 saturated heterocycles. The molecule has 0 aliphatic carbocycles. The van der Waals surface area contributed by atoms with Crippen LogP contribution in [0.2, 0.25) is 0 Å². The lowest BCUT2D eigenvalue weighted by molar-refractivity contribution is -0.0888. The van der Waals surface area contributed by atoms with E-state index < -0.39 is 0 Å². The van der Waals surface area contributed by atoms with Gasteiger partial charge in [-0.2, -0.15) is 0 Å². The Bertz CT molecular complexity index is 1220. The first-order valence-electron chi connectivity index (χ1n) is 13.6. The molecule has 1 N–H and O–H groups in total. The summed E-state index contributed by atoms with van der Waals surface area (Å²) in [7, 11) is 0. The van der Waals surface area contributed by atoms with E-state index in [1.54, 1.807) is 0 Å². The Morgan fingerprint density at radius 2 is 0.923 bits per heavy atom. The van der Waals surface area contributed by atoms with Gasteiger partial charge < -0.3 is 19.3 Å². The molecule has 1 fully saturated rings. The highest BCUT2D eigenvalue weighted by Gasteiger charge is 2.50. The van der Waals surface area contributed by atoms with Crippen LogP contribution >= 0.6 is 0 Å². The van der Waals surface area contributed by atoms with Crippen LogP contribution in [0.1, 0.15) is 22.3 Å². The lowest BCUT2D eigenvalue weighted by Gasteiger charge is -2.30. The molecule has 202 valence electrons. The van der Waals surface area contributed by atoms with Crippen molar-refractivity contribution in [1.29, 1.82) is 0 Å². The lowest BCUT2D eigenvalue weighted by atomic mass is 10.1. The first-order valence-corrected chi connectivity index (χ1v) is 13.6. The Kier molecular flexibility index (Phi) is 9.91. The number of aliphatic hydroxyl groups excluding tert-OH is 1. The van der Waals surface area contributed by atoms with Gasteiger partial charge in [-0.1, -0.05) is 121 Å². The van der Waals surface area contributed by atoms with Gasteiger partial charge in [0, 0.05) is 6.54 Å². The van der Waals surface area contributed by atoms with Crippen molar-refractivity contribution in [2.75, 3.05) is 13.2 Å². The highest BCUT2D eigenvalue weighted by atomic mass is 16.5. The van der Waals surface area contributed by atoms with E-state index in [2.05, 4.69) is 53.4 Å². The Labute approximate surface area is 231 Å². The quantitative estimate of drug-likeness (QED) is 0.247. The molecule has 0 amide bonds. The Balaban J connectivity index is 1.40. The second-order valence-electron chi connectivity index (χ2n) is 10.00. The van der Waals surface area contributed by atoms with Crippen molar-refractivity contribution in [1.82, 2.24) is 4.90 Å². The summed E-state index contributed by atoms with van der Waals surface area (Å²) in [6, 6.07) is 40.6. The fourth-order valence-corrected chi connectivity index (χ4v) is 5.31. The van der Waals surface area contributed by atoms with Crippen LogP contribution in [0.25, 0.3) is 0 Å². The number of hydrogen-bond acceptors (Lipinski definition) is 5. The van der Waals surface area contributed by atoms with Crippen molar-refractivity contribution >= 4 is 0 Å². The highest BCUT2D eigenvalue weighted by molar-refractivity contribution is 5.18. The molecule has 4 aromatic rings. The average molecular weight is 524 g/mol. The number of nitrogens with zero attached hydrogens (tertiary/aromatic N) is 1. The number of rotatable bonds is 13. The van der Waals surface area contributed by atoms with Gasteiger partial charge in [0.15, 0.2) is 0 Å². The molecule has 1 heterocycles. The van der Waals surface area contributed by atoms with Gasteiger partial charge in [-0.15, -0.1) is 0 Å². The van der Waals surface area contributed by atoms with E-state index in [4.69, 9.17) is 14.2 Å². The minimum absolute atomic E-state index is 0.0350. The largest absolute Gasteiger partial charge is 0.395 e. The van der Waals surface area contributed by atoms with Crippen LogP contribution in [0, 0.1) is 0 Å². The third-order valence-electron chi connectivity index (χ3n) is 7.30. The maximum Gasteiger partial charge on any atom is 0.103 e. The number of hydrogen-bond donors (Lipinski definition) is 1. The zero-order valence-corrected chi connectivity index (χ0v) is 22.2. The van der Waals surface area contributed by atoms with Gasteiger partial charge in [0.2, 0.25) is 0 Å². The average Bonchev–Trinajstić information content (AvgIpc) is 3.27. The molecule has 4 aromatic carbocycles. The van der Waals surface area contributed by atoms with Crippen molar-refractivity contribution in [3.8, 4) is 0 Å². The van der Waals surface area contributed by atoms with Crippen molar-refractivity contribution in [2.45, 2.75) is 50.7 Å². The van der Waals surface area contributed by atoms with Crippen LogP contribution in [-0.4, -0.2) is 47.5 Å². The summed E-state index contributed by atoms with van der Waals surface area (Å²) < 4.78 is 19.5. The minimum Gasteiger partial charge on any atom is -0.395 e. The van der Waals surface area contributed by atoms with E-state index in [9.17, 15) is 5.11 Å². The molecule has 1 aliphatic rings. The summed E-state index contributed by atoms with van der Waals surface area (Å²) in [4.78, 5) is 2.31. The van der Waals surface area contributed by atoms with Gasteiger partial charge in [0.05, 0.1) is 45.1 Å². The molecule has 39 heavy (non-hydrogen) atoms. The van der Waals surface area contributed by atoms with Crippen molar-refractivity contribution in [2.24, 2.45) is 0 Å². The second-order valence-corrected chi connectivity index (χ2v) is 10.00. The monoisotopic (exact) mass is 523 g/mol.